The number of nitrogens with one attached hydrogen (secondary N) is 2. The van der Waals surface area contributed by atoms with Crippen molar-refractivity contribution < 1.29 is 13.2 Å². The molecule has 0 unspecified atom stereocenters. The molecule has 30 heavy (non-hydrogen) atoms. The number of carbonyl (C=O) groups excluding carboxylic acids is 1. The van der Waals surface area contributed by atoms with E-state index in [1.807, 2.05) is 30.3 Å². The molecule has 0 atom stereocenters. The van der Waals surface area contributed by atoms with E-state index in [4.69, 9.17) is 0 Å². The van der Waals surface area contributed by atoms with Crippen LogP contribution in [0.15, 0.2) is 53.4 Å². The van der Waals surface area contributed by atoms with Gasteiger partial charge in [0.05, 0.1) is 4.90 Å². The fourth-order valence-corrected chi connectivity index (χ4v) is 4.42. The van der Waals surface area contributed by atoms with E-state index in [0.717, 1.165) is 17.7 Å². The second kappa shape index (κ2) is 10.7. The van der Waals surface area contributed by atoms with Gasteiger partial charge in [0, 0.05) is 37.3 Å². The topological polar surface area (TPSA) is 78.5 Å². The molecule has 2 aromatic carbocycles. The molecular weight excluding hydrogens is 398 g/mol. The first-order chi connectivity index (χ1) is 14.1. The summed E-state index contributed by atoms with van der Waals surface area (Å²) in [5.41, 5.74) is 1.98. The van der Waals surface area contributed by atoms with Crippen molar-refractivity contribution in [1.82, 2.24) is 14.9 Å². The zero-order chi connectivity index (χ0) is 22.3. The van der Waals surface area contributed by atoms with Crippen LogP contribution in [0.25, 0.3) is 0 Å². The van der Waals surface area contributed by atoms with Gasteiger partial charge >= 0.3 is 0 Å². The average molecular weight is 432 g/mol. The average Bonchev–Trinajstić information content (AvgIpc) is 2.70. The monoisotopic (exact) mass is 431 g/mol. The normalized spacial score (nSPS) is 12.0. The van der Waals surface area contributed by atoms with Gasteiger partial charge in [-0.1, -0.05) is 36.4 Å². The number of rotatable bonds is 10. The van der Waals surface area contributed by atoms with Crippen LogP contribution in [0.1, 0.15) is 49.2 Å². The number of hydrogen-bond acceptors (Lipinski definition) is 4. The first kappa shape index (κ1) is 24.1. The standard InChI is InChI=1S/C23H33N3O3S/c1-17(2)26(18(3)4)14-13-24-23(27)22-15-21(12-11-19(22)5)30(28,29)25-16-20-9-7-6-8-10-20/h6-12,15,17-18,25H,13-14,16H2,1-5H3,(H,24,27). The van der Waals surface area contributed by atoms with E-state index >= 15 is 0 Å². The van der Waals surface area contributed by atoms with Crippen LogP contribution >= 0.6 is 0 Å². The Hall–Kier alpha value is -2.22. The quantitative estimate of drug-likeness (QED) is 0.605. The number of nitrogens with zero attached hydrogens (tertiary/aromatic N) is 1. The minimum absolute atomic E-state index is 0.0835. The molecule has 0 aromatic heterocycles. The van der Waals surface area contributed by atoms with E-state index in [2.05, 4.69) is 42.6 Å². The van der Waals surface area contributed by atoms with Gasteiger partial charge in [0.1, 0.15) is 0 Å². The van der Waals surface area contributed by atoms with Crippen LogP contribution < -0.4 is 10.0 Å². The molecule has 0 saturated heterocycles. The van der Waals surface area contributed by atoms with Crippen molar-refractivity contribution >= 4 is 15.9 Å². The van der Waals surface area contributed by atoms with Gasteiger partial charge in [0.25, 0.3) is 5.91 Å². The van der Waals surface area contributed by atoms with Crippen molar-refractivity contribution in [2.24, 2.45) is 0 Å². The van der Waals surface area contributed by atoms with Crippen molar-refractivity contribution in [2.45, 2.75) is 58.1 Å². The number of hydrogen-bond donors (Lipinski definition) is 2. The third-order valence-electron chi connectivity index (χ3n) is 5.06. The summed E-state index contributed by atoms with van der Waals surface area (Å²) in [6.45, 7) is 11.7. The number of sulfonamides is 1. The Bertz CT molecular complexity index is 933. The second-order valence-electron chi connectivity index (χ2n) is 7.97. The summed E-state index contributed by atoms with van der Waals surface area (Å²) in [4.78, 5) is 15.1. The summed E-state index contributed by atoms with van der Waals surface area (Å²) in [5.74, 6) is -0.264. The van der Waals surface area contributed by atoms with Gasteiger partial charge in [-0.05, 0) is 57.9 Å². The molecule has 0 heterocycles. The molecule has 1 amide bonds. The summed E-state index contributed by atoms with van der Waals surface area (Å²) in [6, 6.07) is 14.7. The van der Waals surface area contributed by atoms with E-state index in [0.29, 0.717) is 24.2 Å². The minimum Gasteiger partial charge on any atom is -0.351 e. The highest BCUT2D eigenvalue weighted by Gasteiger charge is 2.19. The predicted octanol–water partition coefficient (Wildman–Crippen LogP) is 3.32. The van der Waals surface area contributed by atoms with E-state index in [1.54, 1.807) is 13.0 Å². The Morgan fingerprint density at radius 3 is 2.23 bits per heavy atom. The number of carbonyl (C=O) groups is 1. The molecule has 2 rings (SSSR count). The Balaban J connectivity index is 2.07. The van der Waals surface area contributed by atoms with Crippen molar-refractivity contribution in [3.05, 3.63) is 65.2 Å². The molecular formula is C23H33N3O3S. The van der Waals surface area contributed by atoms with Crippen molar-refractivity contribution in [1.29, 1.82) is 0 Å². The van der Waals surface area contributed by atoms with Crippen LogP contribution in [0, 0.1) is 6.92 Å². The Labute approximate surface area is 180 Å². The maximum absolute atomic E-state index is 12.7. The molecule has 0 aliphatic heterocycles. The number of amides is 1. The van der Waals surface area contributed by atoms with E-state index in [-0.39, 0.29) is 17.3 Å². The highest BCUT2D eigenvalue weighted by molar-refractivity contribution is 7.89. The molecule has 0 fully saturated rings. The predicted molar refractivity (Wildman–Crippen MR) is 121 cm³/mol. The molecule has 0 bridgehead atoms. The van der Waals surface area contributed by atoms with Gasteiger partial charge in [-0.3, -0.25) is 9.69 Å². The molecule has 2 N–H and O–H groups in total. The Kier molecular flexibility index (Phi) is 8.58. The zero-order valence-electron chi connectivity index (χ0n) is 18.5. The van der Waals surface area contributed by atoms with Gasteiger partial charge in [0.2, 0.25) is 10.0 Å². The molecule has 0 spiro atoms. The van der Waals surface area contributed by atoms with Crippen molar-refractivity contribution in [3.63, 3.8) is 0 Å². The highest BCUT2D eigenvalue weighted by Crippen LogP contribution is 2.16. The Morgan fingerprint density at radius 1 is 1.00 bits per heavy atom. The number of benzene rings is 2. The first-order valence-corrected chi connectivity index (χ1v) is 11.8. The van der Waals surface area contributed by atoms with Gasteiger partial charge in [0.15, 0.2) is 0 Å². The third-order valence-corrected chi connectivity index (χ3v) is 6.45. The summed E-state index contributed by atoms with van der Waals surface area (Å²) in [5, 5.41) is 2.92. The van der Waals surface area contributed by atoms with E-state index < -0.39 is 10.0 Å². The summed E-state index contributed by atoms with van der Waals surface area (Å²) in [7, 11) is -3.73. The molecule has 2 aromatic rings. The van der Waals surface area contributed by atoms with E-state index in [9.17, 15) is 13.2 Å². The molecule has 0 aliphatic rings. The van der Waals surface area contributed by atoms with Crippen LogP contribution in [-0.4, -0.2) is 44.4 Å². The smallest absolute Gasteiger partial charge is 0.251 e. The van der Waals surface area contributed by atoms with Crippen LogP contribution in [0.2, 0.25) is 0 Å². The fourth-order valence-electron chi connectivity index (χ4n) is 3.38. The lowest BCUT2D eigenvalue weighted by Crippen LogP contribution is -2.42. The number of aryl methyl sites for hydroxylation is 1. The molecule has 0 saturated carbocycles. The lowest BCUT2D eigenvalue weighted by molar-refractivity contribution is 0.0938. The molecule has 0 aliphatic carbocycles. The van der Waals surface area contributed by atoms with Crippen LogP contribution in [-0.2, 0) is 16.6 Å². The minimum atomic E-state index is -3.73. The molecule has 164 valence electrons. The summed E-state index contributed by atoms with van der Waals surface area (Å²) >= 11 is 0. The SMILES string of the molecule is Cc1ccc(S(=O)(=O)NCc2ccccc2)cc1C(=O)NCCN(C(C)C)C(C)C. The maximum Gasteiger partial charge on any atom is 0.251 e. The molecule has 6 nitrogen and oxygen atoms in total. The van der Waals surface area contributed by atoms with Crippen LogP contribution in [0.4, 0.5) is 0 Å². The second-order valence-corrected chi connectivity index (χ2v) is 9.74. The Morgan fingerprint density at radius 2 is 1.63 bits per heavy atom. The molecule has 7 heteroatoms. The largest absolute Gasteiger partial charge is 0.351 e. The summed E-state index contributed by atoms with van der Waals surface area (Å²) < 4.78 is 28.0. The zero-order valence-corrected chi connectivity index (χ0v) is 19.3. The lowest BCUT2D eigenvalue weighted by Gasteiger charge is -2.30. The summed E-state index contributed by atoms with van der Waals surface area (Å²) in [6.07, 6.45) is 0. The third kappa shape index (κ3) is 6.65. The fraction of sp³-hybridized carbons (Fsp3) is 0.435. The van der Waals surface area contributed by atoms with E-state index in [1.165, 1.54) is 12.1 Å². The van der Waals surface area contributed by atoms with Gasteiger partial charge < -0.3 is 5.32 Å². The van der Waals surface area contributed by atoms with Gasteiger partial charge in [-0.25, -0.2) is 13.1 Å². The molecule has 0 radical (unpaired) electrons. The van der Waals surface area contributed by atoms with Gasteiger partial charge in [-0.2, -0.15) is 0 Å². The highest BCUT2D eigenvalue weighted by atomic mass is 32.2. The van der Waals surface area contributed by atoms with Crippen molar-refractivity contribution in [3.8, 4) is 0 Å². The van der Waals surface area contributed by atoms with Crippen LogP contribution in [0.5, 0.6) is 0 Å². The lowest BCUT2D eigenvalue weighted by atomic mass is 10.1. The van der Waals surface area contributed by atoms with Crippen LogP contribution in [0.3, 0.4) is 0 Å². The maximum atomic E-state index is 12.7. The van der Waals surface area contributed by atoms with Gasteiger partial charge in [-0.15, -0.1) is 0 Å². The van der Waals surface area contributed by atoms with Crippen molar-refractivity contribution in [2.75, 3.05) is 13.1 Å². The first-order valence-electron chi connectivity index (χ1n) is 10.3.